The summed E-state index contributed by atoms with van der Waals surface area (Å²) in [5, 5.41) is 6.68. The standard InChI is InChI=1S/C26H28FN5OS/c27-20-9-3-4-10-21(20)29-23(33)13-16-32-25(18-12-15-31(17-18)19-7-1-2-8-19)24(30-26(32)34)22-11-5-6-14-28-22/h3-6,9-12,14-15,17,19,24-25H,1-2,7-8,13,16H2,(H,29,33)(H,30,34)/t24-,25+/m1/s1. The molecule has 0 spiro atoms. The van der Waals surface area contributed by atoms with Crippen molar-refractivity contribution in [3.8, 4) is 0 Å². The van der Waals surface area contributed by atoms with Crippen LogP contribution in [0, 0.1) is 5.82 Å². The van der Waals surface area contributed by atoms with Gasteiger partial charge in [0, 0.05) is 37.6 Å². The Hall–Kier alpha value is -3.26. The van der Waals surface area contributed by atoms with Gasteiger partial charge >= 0.3 is 0 Å². The molecular weight excluding hydrogens is 449 g/mol. The van der Waals surface area contributed by atoms with Gasteiger partial charge in [-0.15, -0.1) is 0 Å². The average molecular weight is 478 g/mol. The fraction of sp³-hybridized carbons (Fsp3) is 0.346. The molecule has 1 aromatic carbocycles. The maximum absolute atomic E-state index is 13.9. The number of amides is 1. The molecule has 1 saturated heterocycles. The Labute approximate surface area is 204 Å². The van der Waals surface area contributed by atoms with Gasteiger partial charge in [0.2, 0.25) is 5.91 Å². The van der Waals surface area contributed by atoms with E-state index in [1.807, 2.05) is 18.2 Å². The lowest BCUT2D eigenvalue weighted by molar-refractivity contribution is -0.116. The summed E-state index contributed by atoms with van der Waals surface area (Å²) >= 11 is 5.70. The van der Waals surface area contributed by atoms with Crippen molar-refractivity contribution in [2.24, 2.45) is 0 Å². The molecule has 2 fully saturated rings. The van der Waals surface area contributed by atoms with Crippen molar-refractivity contribution in [3.63, 3.8) is 0 Å². The first-order chi connectivity index (χ1) is 16.6. The maximum atomic E-state index is 13.9. The number of carbonyl (C=O) groups is 1. The van der Waals surface area contributed by atoms with Gasteiger partial charge < -0.3 is 20.1 Å². The molecule has 6 nitrogen and oxygen atoms in total. The van der Waals surface area contributed by atoms with Gasteiger partial charge in [0.05, 0.1) is 23.5 Å². The first-order valence-electron chi connectivity index (χ1n) is 11.8. The molecule has 0 unspecified atom stereocenters. The van der Waals surface area contributed by atoms with Crippen LogP contribution in [0.1, 0.15) is 61.5 Å². The van der Waals surface area contributed by atoms with Gasteiger partial charge in [0.25, 0.3) is 0 Å². The Morgan fingerprint density at radius 1 is 1.15 bits per heavy atom. The Kier molecular flexibility index (Phi) is 6.58. The molecule has 3 aromatic rings. The van der Waals surface area contributed by atoms with E-state index in [1.165, 1.54) is 31.7 Å². The lowest BCUT2D eigenvalue weighted by Crippen LogP contribution is -2.32. The third kappa shape index (κ3) is 4.68. The van der Waals surface area contributed by atoms with Gasteiger partial charge in [0.1, 0.15) is 5.82 Å². The number of nitrogens with one attached hydrogen (secondary N) is 2. The molecule has 2 aromatic heterocycles. The van der Waals surface area contributed by atoms with Crippen LogP contribution in [0.2, 0.25) is 0 Å². The summed E-state index contributed by atoms with van der Waals surface area (Å²) in [7, 11) is 0. The number of rotatable bonds is 7. The number of anilines is 1. The van der Waals surface area contributed by atoms with E-state index in [2.05, 4.69) is 43.5 Å². The molecule has 1 saturated carbocycles. The highest BCUT2D eigenvalue weighted by molar-refractivity contribution is 7.80. The predicted molar refractivity (Wildman–Crippen MR) is 134 cm³/mol. The van der Waals surface area contributed by atoms with E-state index in [-0.39, 0.29) is 30.1 Å². The number of thiocarbonyl (C=S) groups is 1. The summed E-state index contributed by atoms with van der Waals surface area (Å²) in [6, 6.07) is 14.5. The Balaban J connectivity index is 1.36. The number of benzene rings is 1. The zero-order valence-electron chi connectivity index (χ0n) is 18.9. The number of hydrogen-bond acceptors (Lipinski definition) is 3. The van der Waals surface area contributed by atoms with Crippen LogP contribution in [0.4, 0.5) is 10.1 Å². The second-order valence-electron chi connectivity index (χ2n) is 8.93. The second-order valence-corrected chi connectivity index (χ2v) is 9.32. The second kappa shape index (κ2) is 9.93. The molecule has 0 bridgehead atoms. The van der Waals surface area contributed by atoms with Crippen LogP contribution in [0.3, 0.4) is 0 Å². The molecule has 2 atom stereocenters. The summed E-state index contributed by atoms with van der Waals surface area (Å²) in [6.07, 6.45) is 11.3. The first kappa shape index (κ1) is 22.5. The van der Waals surface area contributed by atoms with Gasteiger partial charge in [-0.25, -0.2) is 4.39 Å². The van der Waals surface area contributed by atoms with Crippen molar-refractivity contribution in [2.75, 3.05) is 11.9 Å². The number of halogens is 1. The molecule has 5 rings (SSSR count). The minimum Gasteiger partial charge on any atom is -0.352 e. The summed E-state index contributed by atoms with van der Waals surface area (Å²) < 4.78 is 16.3. The van der Waals surface area contributed by atoms with Crippen molar-refractivity contribution in [2.45, 2.75) is 50.2 Å². The largest absolute Gasteiger partial charge is 0.352 e. The summed E-state index contributed by atoms with van der Waals surface area (Å²) in [5.41, 5.74) is 2.23. The number of nitrogens with zero attached hydrogens (tertiary/aromatic N) is 3. The quantitative estimate of drug-likeness (QED) is 0.462. The molecule has 34 heavy (non-hydrogen) atoms. The third-order valence-corrected chi connectivity index (χ3v) is 7.10. The van der Waals surface area contributed by atoms with Gasteiger partial charge in [-0.3, -0.25) is 9.78 Å². The van der Waals surface area contributed by atoms with Crippen LogP contribution in [0.15, 0.2) is 67.1 Å². The van der Waals surface area contributed by atoms with Gasteiger partial charge in [0.15, 0.2) is 5.11 Å². The van der Waals surface area contributed by atoms with Crippen LogP contribution >= 0.6 is 12.2 Å². The lowest BCUT2D eigenvalue weighted by atomic mass is 9.99. The van der Waals surface area contributed by atoms with Crippen LogP contribution in [0.5, 0.6) is 0 Å². The van der Waals surface area contributed by atoms with E-state index in [0.29, 0.717) is 17.7 Å². The fourth-order valence-corrected chi connectivity index (χ4v) is 5.37. The molecule has 1 aliphatic heterocycles. The Bertz CT molecular complexity index is 1160. The summed E-state index contributed by atoms with van der Waals surface area (Å²) in [6.45, 7) is 0.411. The number of hydrogen-bond donors (Lipinski definition) is 2. The average Bonchev–Trinajstić information content (AvgIpc) is 3.60. The van der Waals surface area contributed by atoms with E-state index in [4.69, 9.17) is 12.2 Å². The van der Waals surface area contributed by atoms with E-state index < -0.39 is 5.82 Å². The van der Waals surface area contributed by atoms with E-state index >= 15 is 0 Å². The predicted octanol–water partition coefficient (Wildman–Crippen LogP) is 5.14. The Morgan fingerprint density at radius 3 is 2.71 bits per heavy atom. The number of aromatic nitrogens is 2. The van der Waals surface area contributed by atoms with Crippen LogP contribution in [0.25, 0.3) is 0 Å². The van der Waals surface area contributed by atoms with Crippen molar-refractivity contribution >= 4 is 28.9 Å². The highest BCUT2D eigenvalue weighted by atomic mass is 32.1. The highest BCUT2D eigenvalue weighted by Crippen LogP contribution is 2.40. The lowest BCUT2D eigenvalue weighted by Gasteiger charge is -2.27. The molecule has 1 amide bonds. The molecule has 3 heterocycles. The summed E-state index contributed by atoms with van der Waals surface area (Å²) in [5.74, 6) is -0.702. The normalized spacial score (nSPS) is 20.5. The first-order valence-corrected chi connectivity index (χ1v) is 12.2. The number of pyridine rings is 1. The molecule has 2 aliphatic rings. The molecule has 8 heteroatoms. The molecule has 1 aliphatic carbocycles. The zero-order valence-corrected chi connectivity index (χ0v) is 19.7. The smallest absolute Gasteiger partial charge is 0.226 e. The van der Waals surface area contributed by atoms with E-state index in [1.54, 1.807) is 24.4 Å². The van der Waals surface area contributed by atoms with E-state index in [0.717, 1.165) is 11.3 Å². The number of para-hydroxylation sites is 1. The van der Waals surface area contributed by atoms with Crippen molar-refractivity contribution in [1.29, 1.82) is 0 Å². The van der Waals surface area contributed by atoms with Crippen LogP contribution in [-0.4, -0.2) is 32.0 Å². The monoisotopic (exact) mass is 477 g/mol. The molecule has 0 radical (unpaired) electrons. The molecular formula is C26H28FN5OS. The minimum atomic E-state index is -0.449. The van der Waals surface area contributed by atoms with Gasteiger partial charge in [-0.1, -0.05) is 31.0 Å². The third-order valence-electron chi connectivity index (χ3n) is 6.75. The Morgan fingerprint density at radius 2 is 1.94 bits per heavy atom. The maximum Gasteiger partial charge on any atom is 0.226 e. The van der Waals surface area contributed by atoms with Crippen LogP contribution in [-0.2, 0) is 4.79 Å². The fourth-order valence-electron chi connectivity index (χ4n) is 5.04. The van der Waals surface area contributed by atoms with Crippen molar-refractivity contribution in [1.82, 2.24) is 19.8 Å². The van der Waals surface area contributed by atoms with Crippen molar-refractivity contribution in [3.05, 3.63) is 84.2 Å². The minimum absolute atomic E-state index is 0.0914. The molecule has 176 valence electrons. The van der Waals surface area contributed by atoms with Gasteiger partial charge in [-0.2, -0.15) is 0 Å². The highest BCUT2D eigenvalue weighted by Gasteiger charge is 2.40. The van der Waals surface area contributed by atoms with Gasteiger partial charge in [-0.05, 0) is 61.0 Å². The number of carbonyl (C=O) groups excluding carboxylic acids is 1. The van der Waals surface area contributed by atoms with E-state index in [9.17, 15) is 9.18 Å². The topological polar surface area (TPSA) is 62.2 Å². The van der Waals surface area contributed by atoms with Crippen LogP contribution < -0.4 is 10.6 Å². The molecule has 2 N–H and O–H groups in total. The zero-order chi connectivity index (χ0) is 23.5. The SMILES string of the molecule is O=C(CCN1C(=S)N[C@H](c2ccccn2)[C@@H]1c1ccn(C2CCCC2)c1)Nc1ccccc1F. The van der Waals surface area contributed by atoms with Crippen molar-refractivity contribution < 1.29 is 9.18 Å². The summed E-state index contributed by atoms with van der Waals surface area (Å²) in [4.78, 5) is 19.2.